The van der Waals surface area contributed by atoms with Crippen molar-refractivity contribution in [2.45, 2.75) is 58.0 Å². The molecule has 0 amide bonds. The summed E-state index contributed by atoms with van der Waals surface area (Å²) in [6.07, 6.45) is 10.3. The van der Waals surface area contributed by atoms with Crippen molar-refractivity contribution in [2.24, 2.45) is 0 Å². The highest BCUT2D eigenvalue weighted by Crippen LogP contribution is 2.22. The number of allylic oxidation sites excluding steroid dienone is 1. The number of hydrogen-bond donors (Lipinski definition) is 1. The third-order valence-corrected chi connectivity index (χ3v) is 2.50. The molecule has 0 fully saturated rings. The fraction of sp³-hybridized carbons (Fsp3) is 0.818. The third kappa shape index (κ3) is 3.40. The van der Waals surface area contributed by atoms with Gasteiger partial charge in [-0.2, -0.15) is 0 Å². The van der Waals surface area contributed by atoms with Crippen molar-refractivity contribution in [3.63, 3.8) is 0 Å². The second-order valence-corrected chi connectivity index (χ2v) is 3.75. The minimum absolute atomic E-state index is 0.0839. The quantitative estimate of drug-likeness (QED) is 0.640. The van der Waals surface area contributed by atoms with Crippen molar-refractivity contribution >= 4 is 0 Å². The largest absolute Gasteiger partial charge is 0.393 e. The molecule has 1 heteroatoms. The molecule has 1 aliphatic carbocycles. The van der Waals surface area contributed by atoms with E-state index in [1.807, 2.05) is 0 Å². The van der Waals surface area contributed by atoms with E-state index in [0.717, 1.165) is 19.3 Å². The average Bonchev–Trinajstić information content (AvgIpc) is 2.06. The van der Waals surface area contributed by atoms with Crippen LogP contribution in [0.3, 0.4) is 0 Å². The van der Waals surface area contributed by atoms with Crippen molar-refractivity contribution in [3.05, 3.63) is 11.6 Å². The van der Waals surface area contributed by atoms with E-state index >= 15 is 0 Å². The summed E-state index contributed by atoms with van der Waals surface area (Å²) in [6, 6.07) is 0. The number of aliphatic hydroxyl groups is 1. The van der Waals surface area contributed by atoms with Crippen molar-refractivity contribution < 1.29 is 5.11 Å². The van der Waals surface area contributed by atoms with Gasteiger partial charge < -0.3 is 5.11 Å². The molecule has 0 aliphatic heterocycles. The summed E-state index contributed by atoms with van der Waals surface area (Å²) in [7, 11) is 0. The van der Waals surface area contributed by atoms with Crippen LogP contribution >= 0.6 is 0 Å². The monoisotopic (exact) mass is 168 g/mol. The molecule has 0 aromatic heterocycles. The standard InChI is InChI=1S/C11H20O/c1-2-6-11(12)9-10-7-4-3-5-8-10/h7,11-12H,2-6,8-9H2,1H3. The average molecular weight is 168 g/mol. The van der Waals surface area contributed by atoms with Gasteiger partial charge in [0.15, 0.2) is 0 Å². The Hall–Kier alpha value is -0.300. The molecule has 0 heterocycles. The maximum absolute atomic E-state index is 9.56. The predicted molar refractivity (Wildman–Crippen MR) is 52.1 cm³/mol. The smallest absolute Gasteiger partial charge is 0.0577 e. The highest BCUT2D eigenvalue weighted by molar-refractivity contribution is 5.05. The predicted octanol–water partition coefficient (Wildman–Crippen LogP) is 3.04. The first kappa shape index (κ1) is 9.79. The van der Waals surface area contributed by atoms with Crippen LogP contribution in [0.4, 0.5) is 0 Å². The summed E-state index contributed by atoms with van der Waals surface area (Å²) in [6.45, 7) is 2.12. The SMILES string of the molecule is CCCC(O)CC1=CCCCC1. The number of rotatable bonds is 4. The zero-order chi connectivity index (χ0) is 8.81. The zero-order valence-electron chi connectivity index (χ0n) is 8.05. The van der Waals surface area contributed by atoms with Gasteiger partial charge in [-0.05, 0) is 38.5 Å². The molecule has 0 aromatic carbocycles. The van der Waals surface area contributed by atoms with E-state index in [4.69, 9.17) is 0 Å². The summed E-state index contributed by atoms with van der Waals surface area (Å²) in [5.41, 5.74) is 1.49. The summed E-state index contributed by atoms with van der Waals surface area (Å²) >= 11 is 0. The molecular formula is C11H20O. The Balaban J connectivity index is 2.24. The third-order valence-electron chi connectivity index (χ3n) is 2.50. The van der Waals surface area contributed by atoms with Crippen LogP contribution in [0.15, 0.2) is 11.6 Å². The topological polar surface area (TPSA) is 20.2 Å². The van der Waals surface area contributed by atoms with E-state index in [2.05, 4.69) is 13.0 Å². The van der Waals surface area contributed by atoms with Crippen molar-refractivity contribution in [1.82, 2.24) is 0 Å². The minimum atomic E-state index is -0.0839. The van der Waals surface area contributed by atoms with E-state index in [9.17, 15) is 5.11 Å². The van der Waals surface area contributed by atoms with E-state index in [1.165, 1.54) is 31.3 Å². The van der Waals surface area contributed by atoms with E-state index in [0.29, 0.717) is 0 Å². The van der Waals surface area contributed by atoms with Crippen molar-refractivity contribution in [1.29, 1.82) is 0 Å². The summed E-state index contributed by atoms with van der Waals surface area (Å²) in [4.78, 5) is 0. The van der Waals surface area contributed by atoms with Crippen LogP contribution in [-0.4, -0.2) is 11.2 Å². The van der Waals surface area contributed by atoms with Crippen molar-refractivity contribution in [3.8, 4) is 0 Å². The van der Waals surface area contributed by atoms with Gasteiger partial charge in [-0.3, -0.25) is 0 Å². The maximum Gasteiger partial charge on any atom is 0.0577 e. The maximum atomic E-state index is 9.56. The van der Waals surface area contributed by atoms with Gasteiger partial charge in [-0.15, -0.1) is 0 Å². The van der Waals surface area contributed by atoms with Gasteiger partial charge >= 0.3 is 0 Å². The molecular weight excluding hydrogens is 148 g/mol. The van der Waals surface area contributed by atoms with Crippen LogP contribution in [0.25, 0.3) is 0 Å². The second kappa shape index (κ2) is 5.36. The van der Waals surface area contributed by atoms with E-state index in [-0.39, 0.29) is 6.10 Å². The lowest BCUT2D eigenvalue weighted by atomic mass is 9.94. The molecule has 1 unspecified atom stereocenters. The van der Waals surface area contributed by atoms with Gasteiger partial charge in [0.2, 0.25) is 0 Å². The minimum Gasteiger partial charge on any atom is -0.393 e. The van der Waals surface area contributed by atoms with E-state index < -0.39 is 0 Å². The lowest BCUT2D eigenvalue weighted by molar-refractivity contribution is 0.162. The normalized spacial score (nSPS) is 20.3. The molecule has 0 bridgehead atoms. The molecule has 1 rings (SSSR count). The lowest BCUT2D eigenvalue weighted by Gasteiger charge is -2.15. The van der Waals surface area contributed by atoms with Crippen LogP contribution in [0.5, 0.6) is 0 Å². The van der Waals surface area contributed by atoms with Crippen LogP contribution in [0.2, 0.25) is 0 Å². The molecule has 0 aromatic rings. The second-order valence-electron chi connectivity index (χ2n) is 3.75. The molecule has 70 valence electrons. The molecule has 0 saturated heterocycles. The van der Waals surface area contributed by atoms with Crippen molar-refractivity contribution in [2.75, 3.05) is 0 Å². The number of hydrogen-bond acceptors (Lipinski definition) is 1. The van der Waals surface area contributed by atoms with Crippen LogP contribution in [0.1, 0.15) is 51.9 Å². The Morgan fingerprint density at radius 2 is 2.33 bits per heavy atom. The van der Waals surface area contributed by atoms with E-state index in [1.54, 1.807) is 0 Å². The first-order valence-electron chi connectivity index (χ1n) is 5.19. The molecule has 0 spiro atoms. The van der Waals surface area contributed by atoms with Crippen LogP contribution < -0.4 is 0 Å². The molecule has 0 radical (unpaired) electrons. The Morgan fingerprint density at radius 1 is 1.50 bits per heavy atom. The van der Waals surface area contributed by atoms with Gasteiger partial charge in [0.25, 0.3) is 0 Å². The molecule has 1 nitrogen and oxygen atoms in total. The van der Waals surface area contributed by atoms with Crippen LogP contribution in [-0.2, 0) is 0 Å². The molecule has 12 heavy (non-hydrogen) atoms. The molecule has 1 atom stereocenters. The fourth-order valence-corrected chi connectivity index (χ4v) is 1.83. The molecule has 1 N–H and O–H groups in total. The first-order valence-corrected chi connectivity index (χ1v) is 5.19. The summed E-state index contributed by atoms with van der Waals surface area (Å²) < 4.78 is 0. The Kier molecular flexibility index (Phi) is 4.37. The first-order chi connectivity index (χ1) is 5.83. The van der Waals surface area contributed by atoms with Gasteiger partial charge in [-0.1, -0.05) is 25.0 Å². The molecule has 1 aliphatic rings. The molecule has 0 saturated carbocycles. The zero-order valence-corrected chi connectivity index (χ0v) is 8.05. The van der Waals surface area contributed by atoms with Gasteiger partial charge in [-0.25, -0.2) is 0 Å². The van der Waals surface area contributed by atoms with Gasteiger partial charge in [0, 0.05) is 0 Å². The Morgan fingerprint density at radius 3 is 2.92 bits per heavy atom. The highest BCUT2D eigenvalue weighted by Gasteiger charge is 2.08. The Labute approximate surface area is 75.5 Å². The fourth-order valence-electron chi connectivity index (χ4n) is 1.83. The highest BCUT2D eigenvalue weighted by atomic mass is 16.3. The lowest BCUT2D eigenvalue weighted by Crippen LogP contribution is -2.08. The Bertz CT molecular complexity index is 149. The van der Waals surface area contributed by atoms with Gasteiger partial charge in [0.05, 0.1) is 6.10 Å². The summed E-state index contributed by atoms with van der Waals surface area (Å²) in [5.74, 6) is 0. The van der Waals surface area contributed by atoms with Gasteiger partial charge in [0.1, 0.15) is 0 Å². The number of aliphatic hydroxyl groups excluding tert-OH is 1. The summed E-state index contributed by atoms with van der Waals surface area (Å²) in [5, 5.41) is 9.56. The van der Waals surface area contributed by atoms with Crippen LogP contribution in [0, 0.1) is 0 Å².